The second kappa shape index (κ2) is 9.12. The van der Waals surface area contributed by atoms with Gasteiger partial charge >= 0.3 is 6.03 Å². The number of fused-ring (bicyclic) bond motifs is 1. The molecule has 0 unspecified atom stereocenters. The van der Waals surface area contributed by atoms with Crippen LogP contribution in [0, 0.1) is 0 Å². The Morgan fingerprint density at radius 1 is 1.00 bits per heavy atom. The van der Waals surface area contributed by atoms with Crippen molar-refractivity contribution < 1.29 is 22.7 Å². The van der Waals surface area contributed by atoms with E-state index in [1.807, 2.05) is 23.9 Å². The number of urea groups is 1. The van der Waals surface area contributed by atoms with Gasteiger partial charge in [0.2, 0.25) is 10.0 Å². The molecule has 4 rings (SSSR count). The third kappa shape index (κ3) is 4.46. The molecule has 3 aromatic rings. The molecule has 0 aliphatic carbocycles. The van der Waals surface area contributed by atoms with Crippen LogP contribution in [0.25, 0.3) is 10.9 Å². The molecule has 11 heteroatoms. The van der Waals surface area contributed by atoms with Crippen LogP contribution < -0.4 is 14.8 Å². The van der Waals surface area contributed by atoms with Gasteiger partial charge in [-0.15, -0.1) is 0 Å². The van der Waals surface area contributed by atoms with Crippen LogP contribution in [0.1, 0.15) is 0 Å². The summed E-state index contributed by atoms with van der Waals surface area (Å²) in [5.74, 6) is 0.834. The summed E-state index contributed by atoms with van der Waals surface area (Å²) in [7, 11) is 1.22. The summed E-state index contributed by atoms with van der Waals surface area (Å²) >= 11 is 6.17. The summed E-state index contributed by atoms with van der Waals surface area (Å²) in [6.45, 7) is 0.905. The minimum absolute atomic E-state index is 0.198. The second-order valence-corrected chi connectivity index (χ2v) is 10.0. The Morgan fingerprint density at radius 3 is 2.36 bits per heavy atom. The largest absolute Gasteiger partial charge is 0.495 e. The molecule has 1 N–H and O–H groups in total. The van der Waals surface area contributed by atoms with Crippen LogP contribution in [0.3, 0.4) is 0 Å². The fourth-order valence-corrected chi connectivity index (χ4v) is 5.55. The number of hydrogen-bond donors (Lipinski definition) is 1. The Hall–Kier alpha value is -2.95. The second-order valence-electron chi connectivity index (χ2n) is 7.66. The van der Waals surface area contributed by atoms with Gasteiger partial charge in [0, 0.05) is 56.4 Å². The van der Waals surface area contributed by atoms with Gasteiger partial charge in [-0.2, -0.15) is 4.31 Å². The number of anilines is 1. The van der Waals surface area contributed by atoms with Gasteiger partial charge in [-0.1, -0.05) is 11.6 Å². The fourth-order valence-electron chi connectivity index (χ4n) is 3.85. The van der Waals surface area contributed by atoms with E-state index in [4.69, 9.17) is 21.1 Å². The highest BCUT2D eigenvalue weighted by Crippen LogP contribution is 2.36. The van der Waals surface area contributed by atoms with Crippen molar-refractivity contribution in [3.05, 3.63) is 47.6 Å². The SMILES string of the molecule is COc1cc(OC)c(NC(=O)N2CCN(S(=O)(=O)c3ccc4c(ccn4C)c3)CC2)cc1Cl. The molecule has 2 aromatic carbocycles. The topological polar surface area (TPSA) is 93.1 Å². The lowest BCUT2D eigenvalue weighted by Gasteiger charge is -2.34. The van der Waals surface area contributed by atoms with Crippen molar-refractivity contribution >= 4 is 44.2 Å². The number of ether oxygens (including phenoxy) is 2. The van der Waals surface area contributed by atoms with E-state index in [9.17, 15) is 13.2 Å². The number of carbonyl (C=O) groups excluding carboxylic acids is 1. The van der Waals surface area contributed by atoms with Crippen LogP contribution in [-0.4, -0.2) is 68.6 Å². The number of nitrogens with one attached hydrogen (secondary N) is 1. The number of amides is 2. The summed E-state index contributed by atoms with van der Waals surface area (Å²) in [5.41, 5.74) is 1.36. The number of nitrogens with zero attached hydrogens (tertiary/aromatic N) is 3. The molecular formula is C22H25ClN4O5S. The van der Waals surface area contributed by atoms with Crippen LogP contribution in [0.4, 0.5) is 10.5 Å². The molecule has 176 valence electrons. The Balaban J connectivity index is 1.44. The Labute approximate surface area is 197 Å². The van der Waals surface area contributed by atoms with Crippen molar-refractivity contribution in [1.29, 1.82) is 0 Å². The number of methoxy groups -OCH3 is 2. The molecule has 1 saturated heterocycles. The monoisotopic (exact) mass is 492 g/mol. The highest BCUT2D eigenvalue weighted by molar-refractivity contribution is 7.89. The van der Waals surface area contributed by atoms with Gasteiger partial charge in [0.05, 0.1) is 29.8 Å². The molecule has 1 aliphatic heterocycles. The minimum Gasteiger partial charge on any atom is -0.495 e. The van der Waals surface area contributed by atoms with Gasteiger partial charge < -0.3 is 24.3 Å². The lowest BCUT2D eigenvalue weighted by Crippen LogP contribution is -2.51. The summed E-state index contributed by atoms with van der Waals surface area (Å²) in [6.07, 6.45) is 1.89. The van der Waals surface area contributed by atoms with Gasteiger partial charge in [-0.3, -0.25) is 0 Å². The third-order valence-corrected chi connectivity index (χ3v) is 7.93. The van der Waals surface area contributed by atoms with Crippen molar-refractivity contribution in [1.82, 2.24) is 13.8 Å². The van der Waals surface area contributed by atoms with Crippen molar-refractivity contribution in [2.24, 2.45) is 7.05 Å². The molecule has 1 aromatic heterocycles. The first-order chi connectivity index (χ1) is 15.7. The third-order valence-electron chi connectivity index (χ3n) is 5.74. The number of sulfonamides is 1. The zero-order chi connectivity index (χ0) is 23.8. The fraction of sp³-hybridized carbons (Fsp3) is 0.318. The van der Waals surface area contributed by atoms with E-state index in [1.54, 1.807) is 35.2 Å². The number of aromatic nitrogens is 1. The quantitative estimate of drug-likeness (QED) is 0.589. The first kappa shape index (κ1) is 23.2. The standard InChI is InChI=1S/C22H25ClN4O5S/c1-25-7-6-15-12-16(4-5-19(15)25)33(29,30)27-10-8-26(9-11-27)22(28)24-18-13-17(23)20(31-2)14-21(18)32-3/h4-7,12-14H,8-11H2,1-3H3,(H,24,28). The van der Waals surface area contributed by atoms with E-state index in [2.05, 4.69) is 5.32 Å². The highest BCUT2D eigenvalue weighted by atomic mass is 35.5. The molecule has 1 fully saturated rings. The summed E-state index contributed by atoms with van der Waals surface area (Å²) in [5, 5.41) is 3.98. The molecule has 0 radical (unpaired) electrons. The van der Waals surface area contributed by atoms with E-state index >= 15 is 0 Å². The van der Waals surface area contributed by atoms with Crippen molar-refractivity contribution in [3.63, 3.8) is 0 Å². The van der Waals surface area contributed by atoms with Crippen LogP contribution >= 0.6 is 11.6 Å². The maximum Gasteiger partial charge on any atom is 0.322 e. The number of rotatable bonds is 5. The van der Waals surface area contributed by atoms with Crippen LogP contribution in [0.2, 0.25) is 5.02 Å². The molecule has 2 amide bonds. The van der Waals surface area contributed by atoms with Gasteiger partial charge in [0.25, 0.3) is 0 Å². The first-order valence-electron chi connectivity index (χ1n) is 10.3. The maximum atomic E-state index is 13.1. The number of halogens is 1. The molecule has 2 heterocycles. The average Bonchev–Trinajstić information content (AvgIpc) is 3.19. The smallest absolute Gasteiger partial charge is 0.322 e. The highest BCUT2D eigenvalue weighted by Gasteiger charge is 2.30. The van der Waals surface area contributed by atoms with E-state index in [0.717, 1.165) is 10.9 Å². The van der Waals surface area contributed by atoms with Crippen LogP contribution in [-0.2, 0) is 17.1 Å². The van der Waals surface area contributed by atoms with Gasteiger partial charge in [-0.05, 0) is 30.3 Å². The predicted octanol–water partition coefficient (Wildman–Crippen LogP) is 3.39. The van der Waals surface area contributed by atoms with Crippen LogP contribution in [0.5, 0.6) is 11.5 Å². The Bertz CT molecular complexity index is 1300. The number of aryl methyl sites for hydroxylation is 1. The van der Waals surface area contributed by atoms with Crippen molar-refractivity contribution in [3.8, 4) is 11.5 Å². The van der Waals surface area contributed by atoms with Crippen molar-refractivity contribution in [2.45, 2.75) is 4.90 Å². The molecule has 9 nitrogen and oxygen atoms in total. The zero-order valence-electron chi connectivity index (χ0n) is 18.5. The van der Waals surface area contributed by atoms with E-state index in [1.165, 1.54) is 18.5 Å². The molecule has 33 heavy (non-hydrogen) atoms. The Kier molecular flexibility index (Phi) is 6.42. The average molecular weight is 493 g/mol. The number of piperazine rings is 1. The van der Waals surface area contributed by atoms with Gasteiger partial charge in [0.15, 0.2) is 0 Å². The summed E-state index contributed by atoms with van der Waals surface area (Å²) in [4.78, 5) is 14.6. The zero-order valence-corrected chi connectivity index (χ0v) is 20.1. The van der Waals surface area contributed by atoms with Gasteiger partial charge in [-0.25, -0.2) is 13.2 Å². The molecule has 1 aliphatic rings. The maximum absolute atomic E-state index is 13.1. The molecule has 0 atom stereocenters. The van der Waals surface area contributed by atoms with Gasteiger partial charge in [0.1, 0.15) is 11.5 Å². The molecule has 0 bridgehead atoms. The number of carbonyl (C=O) groups is 1. The Morgan fingerprint density at radius 2 is 1.70 bits per heavy atom. The van der Waals surface area contributed by atoms with Crippen LogP contribution in [0.15, 0.2) is 47.5 Å². The lowest BCUT2D eigenvalue weighted by molar-refractivity contribution is 0.184. The predicted molar refractivity (Wildman–Crippen MR) is 127 cm³/mol. The molecule has 0 spiro atoms. The van der Waals surface area contributed by atoms with E-state index < -0.39 is 10.0 Å². The first-order valence-corrected chi connectivity index (χ1v) is 12.1. The molecule has 0 saturated carbocycles. The number of hydrogen-bond acceptors (Lipinski definition) is 5. The normalized spacial score (nSPS) is 15.0. The lowest BCUT2D eigenvalue weighted by atomic mass is 10.2. The van der Waals surface area contributed by atoms with E-state index in [-0.39, 0.29) is 37.1 Å². The summed E-state index contributed by atoms with van der Waals surface area (Å²) in [6, 6.07) is 9.77. The van der Waals surface area contributed by atoms with E-state index in [0.29, 0.717) is 22.2 Å². The number of benzene rings is 2. The minimum atomic E-state index is -3.66. The van der Waals surface area contributed by atoms with Crippen molar-refractivity contribution in [2.75, 3.05) is 45.7 Å². The molecular weight excluding hydrogens is 468 g/mol. The summed E-state index contributed by atoms with van der Waals surface area (Å²) < 4.78 is 40.1.